The molecule has 0 N–H and O–H groups in total. The Morgan fingerprint density at radius 1 is 1.22 bits per heavy atom. The molecule has 0 spiro atoms. The maximum Gasteiger partial charge on any atom is 0.257 e. The molecule has 2 aromatic rings. The lowest BCUT2D eigenvalue weighted by atomic mass is 9.76. The summed E-state index contributed by atoms with van der Waals surface area (Å²) in [6.07, 6.45) is 7.07. The predicted octanol–water partition coefficient (Wildman–Crippen LogP) is 3.25. The average Bonchev–Trinajstić information content (AvgIpc) is 3.15. The van der Waals surface area contributed by atoms with Crippen molar-refractivity contribution in [2.24, 2.45) is 5.41 Å². The van der Waals surface area contributed by atoms with Gasteiger partial charge >= 0.3 is 0 Å². The number of ether oxygens (including phenoxy) is 2. The monoisotopic (exact) mass is 367 g/mol. The third kappa shape index (κ3) is 3.75. The minimum atomic E-state index is 0.0225. The number of nitrogens with zero attached hydrogens (tertiary/aromatic N) is 3. The lowest BCUT2D eigenvalue weighted by Crippen LogP contribution is -2.45. The first kappa shape index (κ1) is 17.8. The summed E-state index contributed by atoms with van der Waals surface area (Å²) in [7, 11) is 0. The van der Waals surface area contributed by atoms with Crippen LogP contribution >= 0.6 is 0 Å². The number of hydrogen-bond acceptors (Lipinski definition) is 5. The van der Waals surface area contributed by atoms with E-state index in [2.05, 4.69) is 29.0 Å². The van der Waals surface area contributed by atoms with Crippen LogP contribution < -0.4 is 9.47 Å². The lowest BCUT2D eigenvalue weighted by molar-refractivity contribution is 0.0549. The van der Waals surface area contributed by atoms with Gasteiger partial charge in [-0.25, -0.2) is 9.97 Å². The number of amides is 1. The number of piperidine rings is 1. The number of carbonyl (C=O) groups excluding carboxylic acids is 1. The van der Waals surface area contributed by atoms with Crippen molar-refractivity contribution in [2.75, 3.05) is 19.9 Å². The quantitative estimate of drug-likeness (QED) is 0.830. The lowest BCUT2D eigenvalue weighted by Gasteiger charge is -2.40. The summed E-state index contributed by atoms with van der Waals surface area (Å²) in [4.78, 5) is 23.4. The molecule has 1 fully saturated rings. The van der Waals surface area contributed by atoms with Crippen molar-refractivity contribution in [3.63, 3.8) is 0 Å². The van der Waals surface area contributed by atoms with Crippen LogP contribution in [0.5, 0.6) is 11.5 Å². The first-order chi connectivity index (χ1) is 13.1. The molecule has 4 rings (SSSR count). The second-order valence-corrected chi connectivity index (χ2v) is 7.75. The molecule has 1 amide bonds. The average molecular weight is 367 g/mol. The highest BCUT2D eigenvalue weighted by molar-refractivity contribution is 5.93. The third-order valence-corrected chi connectivity index (χ3v) is 5.40. The highest BCUT2D eigenvalue weighted by Gasteiger charge is 2.34. The summed E-state index contributed by atoms with van der Waals surface area (Å²) < 4.78 is 10.9. The number of likely N-dealkylation sites (tertiary alicyclic amines) is 1. The number of hydrogen-bond donors (Lipinski definition) is 0. The summed E-state index contributed by atoms with van der Waals surface area (Å²) in [5, 5.41) is 0. The molecule has 2 aliphatic heterocycles. The molecule has 1 aromatic carbocycles. The van der Waals surface area contributed by atoms with Crippen molar-refractivity contribution < 1.29 is 14.3 Å². The number of benzene rings is 1. The van der Waals surface area contributed by atoms with E-state index in [0.29, 0.717) is 5.56 Å². The summed E-state index contributed by atoms with van der Waals surface area (Å²) in [6, 6.07) is 6.13. The molecule has 142 valence electrons. The van der Waals surface area contributed by atoms with Crippen molar-refractivity contribution >= 4 is 5.91 Å². The van der Waals surface area contributed by atoms with Gasteiger partial charge < -0.3 is 14.4 Å². The smallest absolute Gasteiger partial charge is 0.257 e. The van der Waals surface area contributed by atoms with Crippen LogP contribution in [0.25, 0.3) is 0 Å². The number of carbonyl (C=O) groups is 1. The SMILES string of the molecule is CCc1ncc(C(=O)N2CCC[C@](C)(Cc3ccc4c(c3)OCO4)C2)cn1. The number of aromatic nitrogens is 2. The van der Waals surface area contributed by atoms with Gasteiger partial charge in [0.1, 0.15) is 5.82 Å². The van der Waals surface area contributed by atoms with E-state index in [-0.39, 0.29) is 18.1 Å². The van der Waals surface area contributed by atoms with E-state index >= 15 is 0 Å². The van der Waals surface area contributed by atoms with E-state index in [1.807, 2.05) is 17.9 Å². The van der Waals surface area contributed by atoms with Gasteiger partial charge in [0.25, 0.3) is 5.91 Å². The normalized spacial score (nSPS) is 21.3. The topological polar surface area (TPSA) is 64.6 Å². The minimum Gasteiger partial charge on any atom is -0.454 e. The molecule has 0 radical (unpaired) electrons. The van der Waals surface area contributed by atoms with Gasteiger partial charge in [-0.1, -0.05) is 19.9 Å². The van der Waals surface area contributed by atoms with E-state index < -0.39 is 0 Å². The summed E-state index contributed by atoms with van der Waals surface area (Å²) in [6.45, 7) is 6.06. The Morgan fingerprint density at radius 3 is 2.78 bits per heavy atom. The number of rotatable bonds is 4. The van der Waals surface area contributed by atoms with E-state index in [1.165, 1.54) is 5.56 Å². The second kappa shape index (κ2) is 7.18. The Balaban J connectivity index is 1.46. The molecule has 3 heterocycles. The summed E-state index contributed by atoms with van der Waals surface area (Å²) in [5.41, 5.74) is 1.82. The van der Waals surface area contributed by atoms with Gasteiger partial charge in [0, 0.05) is 31.9 Å². The largest absolute Gasteiger partial charge is 0.454 e. The van der Waals surface area contributed by atoms with Gasteiger partial charge in [-0.2, -0.15) is 0 Å². The molecule has 1 saturated heterocycles. The Hall–Kier alpha value is -2.63. The predicted molar refractivity (Wildman–Crippen MR) is 101 cm³/mol. The highest BCUT2D eigenvalue weighted by Crippen LogP contribution is 2.37. The molecular formula is C21H25N3O3. The van der Waals surface area contributed by atoms with Gasteiger partial charge in [-0.05, 0) is 42.4 Å². The van der Waals surface area contributed by atoms with Crippen LogP contribution in [-0.4, -0.2) is 40.7 Å². The van der Waals surface area contributed by atoms with E-state index in [0.717, 1.165) is 56.1 Å². The molecule has 6 nitrogen and oxygen atoms in total. The molecule has 0 bridgehead atoms. The zero-order valence-electron chi connectivity index (χ0n) is 15.9. The molecule has 1 aromatic heterocycles. The molecule has 2 aliphatic rings. The molecule has 6 heteroatoms. The standard InChI is InChI=1S/C21H25N3O3/c1-3-19-22-11-16(12-23-19)20(25)24-8-4-7-21(2,13-24)10-15-5-6-17-18(9-15)27-14-26-17/h5-6,9,11-12H,3-4,7-8,10,13-14H2,1-2H3/t21-/m1/s1. The van der Waals surface area contributed by atoms with Gasteiger partial charge in [-0.15, -0.1) is 0 Å². The maximum absolute atomic E-state index is 12.9. The first-order valence-corrected chi connectivity index (χ1v) is 9.55. The van der Waals surface area contributed by atoms with Gasteiger partial charge in [-0.3, -0.25) is 4.79 Å². The van der Waals surface area contributed by atoms with Crippen molar-refractivity contribution in [3.8, 4) is 11.5 Å². The molecule has 27 heavy (non-hydrogen) atoms. The van der Waals surface area contributed by atoms with Crippen molar-refractivity contribution in [1.82, 2.24) is 14.9 Å². The van der Waals surface area contributed by atoms with E-state index in [9.17, 15) is 4.79 Å². The van der Waals surface area contributed by atoms with Gasteiger partial charge in [0.15, 0.2) is 11.5 Å². The second-order valence-electron chi connectivity index (χ2n) is 7.75. The fourth-order valence-electron chi connectivity index (χ4n) is 4.01. The maximum atomic E-state index is 12.9. The van der Waals surface area contributed by atoms with Gasteiger partial charge in [0.05, 0.1) is 5.56 Å². The van der Waals surface area contributed by atoms with Crippen molar-refractivity contribution in [3.05, 3.63) is 47.5 Å². The van der Waals surface area contributed by atoms with Crippen LogP contribution in [0.1, 0.15) is 48.4 Å². The fourth-order valence-corrected chi connectivity index (χ4v) is 4.01. The van der Waals surface area contributed by atoms with Crippen LogP contribution in [0.4, 0.5) is 0 Å². The minimum absolute atomic E-state index is 0.0225. The van der Waals surface area contributed by atoms with Crippen LogP contribution in [0.15, 0.2) is 30.6 Å². The van der Waals surface area contributed by atoms with E-state index in [4.69, 9.17) is 9.47 Å². The Bertz CT molecular complexity index is 837. The number of aryl methyl sites for hydroxylation is 1. The molecule has 1 atom stereocenters. The summed E-state index contributed by atoms with van der Waals surface area (Å²) >= 11 is 0. The Kier molecular flexibility index (Phi) is 4.72. The molecule has 0 saturated carbocycles. The Labute approximate surface area is 159 Å². The van der Waals surface area contributed by atoms with Crippen LogP contribution in [0.3, 0.4) is 0 Å². The van der Waals surface area contributed by atoms with Crippen LogP contribution in [0.2, 0.25) is 0 Å². The zero-order valence-corrected chi connectivity index (χ0v) is 15.9. The summed E-state index contributed by atoms with van der Waals surface area (Å²) in [5.74, 6) is 2.40. The van der Waals surface area contributed by atoms with Crippen molar-refractivity contribution in [1.29, 1.82) is 0 Å². The molecular weight excluding hydrogens is 342 g/mol. The first-order valence-electron chi connectivity index (χ1n) is 9.55. The van der Waals surface area contributed by atoms with Crippen LogP contribution in [-0.2, 0) is 12.8 Å². The van der Waals surface area contributed by atoms with Gasteiger partial charge in [0.2, 0.25) is 6.79 Å². The van der Waals surface area contributed by atoms with E-state index in [1.54, 1.807) is 12.4 Å². The van der Waals surface area contributed by atoms with Crippen LogP contribution in [0, 0.1) is 5.41 Å². The molecule has 0 aliphatic carbocycles. The van der Waals surface area contributed by atoms with Crippen molar-refractivity contribution in [2.45, 2.75) is 39.5 Å². The Morgan fingerprint density at radius 2 is 2.00 bits per heavy atom. The third-order valence-electron chi connectivity index (χ3n) is 5.40. The molecule has 0 unspecified atom stereocenters. The zero-order chi connectivity index (χ0) is 18.9. The fraction of sp³-hybridized carbons (Fsp3) is 0.476. The highest BCUT2D eigenvalue weighted by atomic mass is 16.7. The number of fused-ring (bicyclic) bond motifs is 1.